The molecule has 0 aromatic carbocycles. The molecule has 19 heavy (non-hydrogen) atoms. The summed E-state index contributed by atoms with van der Waals surface area (Å²) in [4.78, 5) is 24.5. The lowest BCUT2D eigenvalue weighted by Crippen LogP contribution is -2.43. The predicted molar refractivity (Wildman–Crippen MR) is 74.8 cm³/mol. The largest absolute Gasteiger partial charge is 0.378 e. The summed E-state index contributed by atoms with van der Waals surface area (Å²) in [6.45, 7) is 1.11. The van der Waals surface area contributed by atoms with Crippen LogP contribution in [0.4, 0.5) is 0 Å². The molecule has 0 unspecified atom stereocenters. The number of imide groups is 1. The molecular formula is C13H22N2O3S. The van der Waals surface area contributed by atoms with Gasteiger partial charge < -0.3 is 10.5 Å². The van der Waals surface area contributed by atoms with E-state index in [-0.39, 0.29) is 11.8 Å². The molecule has 0 atom stereocenters. The summed E-state index contributed by atoms with van der Waals surface area (Å²) in [5, 5.41) is 0. The normalized spacial score (nSPS) is 28.8. The average molecular weight is 286 g/mol. The number of carbonyl (C=O) groups is 2. The van der Waals surface area contributed by atoms with Gasteiger partial charge in [-0.25, -0.2) is 0 Å². The lowest BCUT2D eigenvalue weighted by atomic mass is 9.94. The van der Waals surface area contributed by atoms with Crippen molar-refractivity contribution in [2.75, 3.05) is 24.7 Å². The van der Waals surface area contributed by atoms with Gasteiger partial charge in [0.2, 0.25) is 11.8 Å². The van der Waals surface area contributed by atoms with E-state index >= 15 is 0 Å². The zero-order chi connectivity index (χ0) is 13.7. The van der Waals surface area contributed by atoms with Gasteiger partial charge in [-0.2, -0.15) is 0 Å². The molecule has 0 aromatic heterocycles. The molecular weight excluding hydrogens is 264 g/mol. The Morgan fingerprint density at radius 1 is 1.16 bits per heavy atom. The third-order valence-corrected chi connectivity index (χ3v) is 4.55. The van der Waals surface area contributed by atoms with Crippen LogP contribution < -0.4 is 5.73 Å². The zero-order valence-electron chi connectivity index (χ0n) is 11.2. The number of ether oxygens (including phenoxy) is 1. The van der Waals surface area contributed by atoms with Crippen LogP contribution in [0.25, 0.3) is 0 Å². The topological polar surface area (TPSA) is 72.6 Å². The van der Waals surface area contributed by atoms with Crippen molar-refractivity contribution in [2.24, 2.45) is 5.73 Å². The molecule has 0 spiro atoms. The smallest absolute Gasteiger partial charge is 0.239 e. The minimum Gasteiger partial charge on any atom is -0.378 e. The number of thioether (sulfide) groups is 1. The SMILES string of the molecule is NC1CCC(OCCCN2C(=O)CSCC2=O)CC1. The molecule has 108 valence electrons. The van der Waals surface area contributed by atoms with Crippen LogP contribution in [0.1, 0.15) is 32.1 Å². The second-order valence-electron chi connectivity index (χ2n) is 5.19. The highest BCUT2D eigenvalue weighted by Gasteiger charge is 2.25. The van der Waals surface area contributed by atoms with Gasteiger partial charge in [0.15, 0.2) is 0 Å². The number of hydrogen-bond donors (Lipinski definition) is 1. The molecule has 2 N–H and O–H groups in total. The first kappa shape index (κ1) is 14.8. The number of rotatable bonds is 5. The Morgan fingerprint density at radius 2 is 1.79 bits per heavy atom. The van der Waals surface area contributed by atoms with Crippen LogP contribution in [0.3, 0.4) is 0 Å². The van der Waals surface area contributed by atoms with Crippen molar-refractivity contribution in [1.29, 1.82) is 0 Å². The van der Waals surface area contributed by atoms with Crippen molar-refractivity contribution in [3.63, 3.8) is 0 Å². The maximum Gasteiger partial charge on any atom is 0.239 e. The third kappa shape index (κ3) is 4.47. The van der Waals surface area contributed by atoms with Gasteiger partial charge in [-0.15, -0.1) is 11.8 Å². The van der Waals surface area contributed by atoms with Crippen molar-refractivity contribution >= 4 is 23.6 Å². The molecule has 1 saturated heterocycles. The fourth-order valence-electron chi connectivity index (χ4n) is 2.50. The van der Waals surface area contributed by atoms with Gasteiger partial charge in [0.05, 0.1) is 17.6 Å². The van der Waals surface area contributed by atoms with Crippen molar-refractivity contribution in [3.8, 4) is 0 Å². The Hall–Kier alpha value is -0.590. The molecule has 1 aliphatic carbocycles. The lowest BCUT2D eigenvalue weighted by molar-refractivity contribution is -0.142. The molecule has 0 bridgehead atoms. The minimum atomic E-state index is -0.0649. The molecule has 1 saturated carbocycles. The predicted octanol–water partition coefficient (Wildman–Crippen LogP) is 0.765. The van der Waals surface area contributed by atoms with Crippen LogP contribution in [0.15, 0.2) is 0 Å². The van der Waals surface area contributed by atoms with Crippen LogP contribution in [-0.4, -0.2) is 53.5 Å². The van der Waals surface area contributed by atoms with Gasteiger partial charge in [-0.05, 0) is 32.1 Å². The molecule has 2 fully saturated rings. The summed E-state index contributed by atoms with van der Waals surface area (Å²) in [5.41, 5.74) is 5.84. The number of hydrogen-bond acceptors (Lipinski definition) is 5. The highest BCUT2D eigenvalue weighted by atomic mass is 32.2. The molecule has 6 heteroatoms. The fourth-order valence-corrected chi connectivity index (χ4v) is 3.26. The summed E-state index contributed by atoms with van der Waals surface area (Å²) in [7, 11) is 0. The lowest BCUT2D eigenvalue weighted by Gasteiger charge is -2.27. The van der Waals surface area contributed by atoms with Crippen LogP contribution in [0, 0.1) is 0 Å². The Kier molecular flexibility index (Phi) is 5.66. The molecule has 1 aliphatic heterocycles. The van der Waals surface area contributed by atoms with Gasteiger partial charge in [-0.1, -0.05) is 0 Å². The quantitative estimate of drug-likeness (QED) is 0.597. The molecule has 0 radical (unpaired) electrons. The van der Waals surface area contributed by atoms with Gasteiger partial charge >= 0.3 is 0 Å². The first-order chi connectivity index (χ1) is 9.16. The average Bonchev–Trinajstić information content (AvgIpc) is 2.39. The Balaban J connectivity index is 1.61. The van der Waals surface area contributed by atoms with Crippen molar-refractivity contribution in [3.05, 3.63) is 0 Å². The Bertz CT molecular complexity index is 314. The van der Waals surface area contributed by atoms with E-state index in [1.54, 1.807) is 0 Å². The summed E-state index contributed by atoms with van der Waals surface area (Å²) in [6, 6.07) is 0.334. The highest BCUT2D eigenvalue weighted by Crippen LogP contribution is 2.20. The maximum atomic E-state index is 11.6. The monoisotopic (exact) mass is 286 g/mol. The maximum absolute atomic E-state index is 11.6. The second-order valence-corrected chi connectivity index (χ2v) is 6.18. The van der Waals surface area contributed by atoms with Gasteiger partial charge in [-0.3, -0.25) is 14.5 Å². The van der Waals surface area contributed by atoms with Crippen molar-refractivity contribution in [1.82, 2.24) is 4.90 Å². The molecule has 2 rings (SSSR count). The molecule has 2 aliphatic rings. The summed E-state index contributed by atoms with van der Waals surface area (Å²) < 4.78 is 5.78. The number of nitrogens with two attached hydrogens (primary N) is 1. The Morgan fingerprint density at radius 3 is 2.42 bits per heavy atom. The highest BCUT2D eigenvalue weighted by molar-refractivity contribution is 8.00. The number of amides is 2. The van der Waals surface area contributed by atoms with Crippen LogP contribution in [0.2, 0.25) is 0 Å². The first-order valence-electron chi connectivity index (χ1n) is 6.95. The van der Waals surface area contributed by atoms with Gasteiger partial charge in [0.25, 0.3) is 0 Å². The third-order valence-electron chi connectivity index (χ3n) is 3.65. The van der Waals surface area contributed by atoms with E-state index < -0.39 is 0 Å². The second kappa shape index (κ2) is 7.26. The first-order valence-corrected chi connectivity index (χ1v) is 8.10. The summed E-state index contributed by atoms with van der Waals surface area (Å²) in [6.07, 6.45) is 5.16. The van der Waals surface area contributed by atoms with E-state index in [1.807, 2.05) is 0 Å². The van der Waals surface area contributed by atoms with Gasteiger partial charge in [0.1, 0.15) is 0 Å². The number of nitrogens with zero attached hydrogens (tertiary/aromatic N) is 1. The van der Waals surface area contributed by atoms with Crippen molar-refractivity contribution < 1.29 is 14.3 Å². The molecule has 5 nitrogen and oxygen atoms in total. The van der Waals surface area contributed by atoms with Gasteiger partial charge in [0, 0.05) is 19.2 Å². The zero-order valence-corrected chi connectivity index (χ0v) is 12.0. The van der Waals surface area contributed by atoms with Crippen molar-refractivity contribution in [2.45, 2.75) is 44.2 Å². The van der Waals surface area contributed by atoms with E-state index in [4.69, 9.17) is 10.5 Å². The van der Waals surface area contributed by atoms with Crippen LogP contribution in [-0.2, 0) is 14.3 Å². The van der Waals surface area contributed by atoms with E-state index in [0.717, 1.165) is 32.1 Å². The van der Waals surface area contributed by atoms with E-state index in [1.165, 1.54) is 16.7 Å². The summed E-state index contributed by atoms with van der Waals surface area (Å²) >= 11 is 1.39. The van der Waals surface area contributed by atoms with E-state index in [9.17, 15) is 9.59 Å². The minimum absolute atomic E-state index is 0.0649. The Labute approximate surface area is 118 Å². The van der Waals surface area contributed by atoms with Crippen LogP contribution >= 0.6 is 11.8 Å². The molecule has 1 heterocycles. The van der Waals surface area contributed by atoms with E-state index in [2.05, 4.69) is 0 Å². The van der Waals surface area contributed by atoms with E-state index in [0.29, 0.717) is 36.8 Å². The number of carbonyl (C=O) groups excluding carboxylic acids is 2. The standard InChI is InChI=1S/C13H22N2O3S/c14-10-2-4-11(5-3-10)18-7-1-6-15-12(16)8-19-9-13(15)17/h10-11H,1-9,14H2. The summed E-state index contributed by atoms with van der Waals surface area (Å²) in [5.74, 6) is 0.718. The molecule has 0 aromatic rings. The molecule has 2 amide bonds. The fraction of sp³-hybridized carbons (Fsp3) is 0.846. The van der Waals surface area contributed by atoms with Crippen LogP contribution in [0.5, 0.6) is 0 Å².